The molecule has 0 unspecified atom stereocenters. The number of urea groups is 1. The van der Waals surface area contributed by atoms with Gasteiger partial charge in [-0.3, -0.25) is 4.79 Å². The summed E-state index contributed by atoms with van der Waals surface area (Å²) < 4.78 is 69.5. The van der Waals surface area contributed by atoms with Crippen LogP contribution in [0.3, 0.4) is 0 Å². The molecule has 2 amide bonds. The Morgan fingerprint density at radius 3 is 2.34 bits per heavy atom. The van der Waals surface area contributed by atoms with Crippen LogP contribution in [0.2, 0.25) is 0 Å². The molecule has 1 aromatic carbocycles. The van der Waals surface area contributed by atoms with Gasteiger partial charge in [0.15, 0.2) is 0 Å². The van der Waals surface area contributed by atoms with E-state index in [-0.39, 0.29) is 35.9 Å². The molecule has 1 aliphatic heterocycles. The van der Waals surface area contributed by atoms with E-state index in [9.17, 15) is 31.5 Å². The van der Waals surface area contributed by atoms with Crippen LogP contribution in [0, 0.1) is 11.3 Å². The van der Waals surface area contributed by atoms with Gasteiger partial charge in [0.2, 0.25) is 5.92 Å². The molecule has 0 radical (unpaired) electrons. The van der Waals surface area contributed by atoms with Crippen molar-refractivity contribution in [2.45, 2.75) is 77.4 Å². The zero-order valence-corrected chi connectivity index (χ0v) is 20.2. The van der Waals surface area contributed by atoms with Crippen LogP contribution in [0.1, 0.15) is 70.1 Å². The lowest BCUT2D eigenvalue weighted by atomic mass is 9.67. The highest BCUT2D eigenvalue weighted by Gasteiger charge is 2.53. The van der Waals surface area contributed by atoms with E-state index in [4.69, 9.17) is 5.11 Å². The molecule has 1 saturated carbocycles. The third kappa shape index (κ3) is 6.13. The second kappa shape index (κ2) is 9.09. The van der Waals surface area contributed by atoms with Gasteiger partial charge in [0.05, 0.1) is 17.5 Å². The molecular weight excluding hydrogens is 471 g/mol. The minimum atomic E-state index is -4.64. The van der Waals surface area contributed by atoms with Crippen LogP contribution < -0.4 is 5.32 Å². The van der Waals surface area contributed by atoms with Gasteiger partial charge in [-0.05, 0) is 53.9 Å². The van der Waals surface area contributed by atoms with Crippen molar-refractivity contribution in [3.63, 3.8) is 0 Å². The fourth-order valence-electron chi connectivity index (χ4n) is 4.61. The molecule has 5 nitrogen and oxygen atoms in total. The Hall–Kier alpha value is -2.65. The highest BCUT2D eigenvalue weighted by molar-refractivity contribution is 5.80. The Bertz CT molecular complexity index is 1020. The molecule has 0 saturated heterocycles. The largest absolute Gasteiger partial charge is 0.481 e. The quantitative estimate of drug-likeness (QED) is 0.428. The van der Waals surface area contributed by atoms with E-state index < -0.39 is 54.0 Å². The normalized spacial score (nSPS) is 22.9. The number of alkyl halides is 5. The molecule has 1 aliphatic carbocycles. The number of halogens is 5. The lowest BCUT2D eigenvalue weighted by Crippen LogP contribution is -2.57. The maximum absolute atomic E-state index is 14.0. The number of carbonyl (C=O) groups is 2. The fourth-order valence-corrected chi connectivity index (χ4v) is 4.61. The molecule has 1 atom stereocenters. The van der Waals surface area contributed by atoms with Gasteiger partial charge in [0.25, 0.3) is 0 Å². The minimum absolute atomic E-state index is 0.130. The lowest BCUT2D eigenvalue weighted by Gasteiger charge is -2.47. The van der Waals surface area contributed by atoms with Crippen LogP contribution in [-0.2, 0) is 22.9 Å². The van der Waals surface area contributed by atoms with Gasteiger partial charge in [-0.15, -0.1) is 0 Å². The van der Waals surface area contributed by atoms with Crippen molar-refractivity contribution in [2.24, 2.45) is 11.3 Å². The Balaban J connectivity index is 2.05. The summed E-state index contributed by atoms with van der Waals surface area (Å²) in [5.41, 5.74) is -1.84. The molecule has 10 heteroatoms. The molecule has 1 heterocycles. The second-order valence-electron chi connectivity index (χ2n) is 10.9. The van der Waals surface area contributed by atoms with Gasteiger partial charge in [-0.2, -0.15) is 13.2 Å². The van der Waals surface area contributed by atoms with Crippen molar-refractivity contribution < 1.29 is 36.6 Å². The first-order chi connectivity index (χ1) is 15.9. The monoisotopic (exact) mass is 502 g/mol. The number of carboxylic acid groups (broad SMARTS) is 1. The summed E-state index contributed by atoms with van der Waals surface area (Å²) in [5, 5.41) is 11.6. The third-order valence-corrected chi connectivity index (χ3v) is 6.72. The molecule has 2 N–H and O–H groups in total. The number of aryl methyl sites for hydroxylation is 1. The van der Waals surface area contributed by atoms with E-state index in [2.05, 4.69) is 5.32 Å². The standard InChI is InChI=1S/C25H31F5N2O3/c1-22(2,3)9-7-15-5-6-17(11-18(15)25(28,29)30)23(4)19(16-12-24(26,27)13-16)14-32(21(35)31-23)10-8-20(33)34/h5-6,11,14,16H,7-10,12-13H2,1-4H3,(H,31,35)(H,33,34)/t23-/m0/s1. The van der Waals surface area contributed by atoms with Crippen LogP contribution in [0.15, 0.2) is 30.0 Å². The Morgan fingerprint density at radius 1 is 1.20 bits per heavy atom. The zero-order valence-electron chi connectivity index (χ0n) is 20.2. The van der Waals surface area contributed by atoms with Crippen molar-refractivity contribution in [2.75, 3.05) is 6.54 Å². The number of rotatable bonds is 7. The summed E-state index contributed by atoms with van der Waals surface area (Å²) in [6.07, 6.45) is -3.91. The number of nitrogens with one attached hydrogen (secondary N) is 1. The molecule has 2 aliphatic rings. The smallest absolute Gasteiger partial charge is 0.416 e. The molecule has 3 rings (SSSR count). The van der Waals surface area contributed by atoms with Gasteiger partial charge in [0.1, 0.15) is 0 Å². The molecule has 194 valence electrons. The molecule has 1 fully saturated rings. The number of nitrogens with zero attached hydrogens (tertiary/aromatic N) is 1. The number of hydrogen-bond acceptors (Lipinski definition) is 2. The van der Waals surface area contributed by atoms with Gasteiger partial charge < -0.3 is 15.3 Å². The number of hydrogen-bond donors (Lipinski definition) is 2. The van der Waals surface area contributed by atoms with E-state index in [1.807, 2.05) is 20.8 Å². The SMILES string of the molecule is CC(C)(C)CCc1ccc([C@]2(C)NC(=O)N(CCC(=O)O)C=C2C2CC(F)(F)C2)cc1C(F)(F)F. The van der Waals surface area contributed by atoms with Crippen molar-refractivity contribution in [3.8, 4) is 0 Å². The topological polar surface area (TPSA) is 69.6 Å². The third-order valence-electron chi connectivity index (χ3n) is 6.72. The van der Waals surface area contributed by atoms with Crippen molar-refractivity contribution in [1.82, 2.24) is 10.2 Å². The molecule has 0 aromatic heterocycles. The number of benzene rings is 1. The van der Waals surface area contributed by atoms with E-state index in [0.717, 1.165) is 11.0 Å². The summed E-state index contributed by atoms with van der Waals surface area (Å²) in [7, 11) is 0. The number of carbonyl (C=O) groups excluding carboxylic acids is 1. The average molecular weight is 503 g/mol. The lowest BCUT2D eigenvalue weighted by molar-refractivity contribution is -0.138. The summed E-state index contributed by atoms with van der Waals surface area (Å²) in [4.78, 5) is 24.8. The summed E-state index contributed by atoms with van der Waals surface area (Å²) >= 11 is 0. The van der Waals surface area contributed by atoms with E-state index in [1.165, 1.54) is 25.3 Å². The average Bonchev–Trinajstić information content (AvgIpc) is 2.68. The Kier molecular flexibility index (Phi) is 7.00. The molecule has 1 aromatic rings. The molecule has 0 spiro atoms. The minimum Gasteiger partial charge on any atom is -0.481 e. The number of aliphatic carboxylic acids is 1. The van der Waals surface area contributed by atoms with Crippen LogP contribution in [0.4, 0.5) is 26.7 Å². The van der Waals surface area contributed by atoms with E-state index in [0.29, 0.717) is 12.0 Å². The van der Waals surface area contributed by atoms with Crippen LogP contribution in [0.5, 0.6) is 0 Å². The maximum Gasteiger partial charge on any atom is 0.416 e. The maximum atomic E-state index is 14.0. The number of amides is 2. The highest BCUT2D eigenvalue weighted by atomic mass is 19.4. The van der Waals surface area contributed by atoms with Crippen molar-refractivity contribution in [3.05, 3.63) is 46.7 Å². The van der Waals surface area contributed by atoms with Gasteiger partial charge >= 0.3 is 18.2 Å². The van der Waals surface area contributed by atoms with Crippen LogP contribution >= 0.6 is 0 Å². The Labute approximate surface area is 201 Å². The van der Waals surface area contributed by atoms with Crippen LogP contribution in [0.25, 0.3) is 0 Å². The first-order valence-electron chi connectivity index (χ1n) is 11.5. The van der Waals surface area contributed by atoms with Crippen molar-refractivity contribution >= 4 is 12.0 Å². The molecule has 35 heavy (non-hydrogen) atoms. The zero-order chi connectivity index (χ0) is 26.4. The Morgan fingerprint density at radius 2 is 1.83 bits per heavy atom. The number of carboxylic acids is 1. The second-order valence-corrected chi connectivity index (χ2v) is 10.9. The summed E-state index contributed by atoms with van der Waals surface area (Å²) in [5.74, 6) is -4.71. The van der Waals surface area contributed by atoms with E-state index in [1.54, 1.807) is 0 Å². The van der Waals surface area contributed by atoms with Gasteiger partial charge in [-0.1, -0.05) is 32.9 Å². The van der Waals surface area contributed by atoms with Gasteiger partial charge in [0, 0.05) is 25.6 Å². The first kappa shape index (κ1) is 26.9. The first-order valence-corrected chi connectivity index (χ1v) is 11.5. The molecule has 0 bridgehead atoms. The molecular formula is C25H31F5N2O3. The fraction of sp³-hybridized carbons (Fsp3) is 0.600. The van der Waals surface area contributed by atoms with Crippen LogP contribution in [-0.4, -0.2) is 34.5 Å². The highest BCUT2D eigenvalue weighted by Crippen LogP contribution is 2.52. The summed E-state index contributed by atoms with van der Waals surface area (Å²) in [6, 6.07) is 3.19. The summed E-state index contributed by atoms with van der Waals surface area (Å²) in [6.45, 7) is 7.13. The predicted molar refractivity (Wildman–Crippen MR) is 120 cm³/mol. The van der Waals surface area contributed by atoms with Gasteiger partial charge in [-0.25, -0.2) is 13.6 Å². The van der Waals surface area contributed by atoms with E-state index >= 15 is 0 Å². The predicted octanol–water partition coefficient (Wildman–Crippen LogP) is 6.33. The van der Waals surface area contributed by atoms with Crippen molar-refractivity contribution in [1.29, 1.82) is 0 Å².